The van der Waals surface area contributed by atoms with Gasteiger partial charge in [-0.25, -0.2) is 0 Å². The van der Waals surface area contributed by atoms with Gasteiger partial charge in [-0.15, -0.1) is 0 Å². The lowest BCUT2D eigenvalue weighted by atomic mass is 10.2. The number of anilines is 1. The quantitative estimate of drug-likeness (QED) is 0.891. The molecule has 0 radical (unpaired) electrons. The summed E-state index contributed by atoms with van der Waals surface area (Å²) in [7, 11) is 0. The molecule has 2 nitrogen and oxygen atoms in total. The van der Waals surface area contributed by atoms with Crippen molar-refractivity contribution in [3.63, 3.8) is 0 Å². The first-order chi connectivity index (χ1) is 9.93. The Kier molecular flexibility index (Phi) is 4.34. The summed E-state index contributed by atoms with van der Waals surface area (Å²) in [5.41, 5.74) is 2.72. The van der Waals surface area contributed by atoms with Gasteiger partial charge >= 0.3 is 0 Å². The minimum absolute atomic E-state index is 0.626. The zero-order chi connectivity index (χ0) is 13.6. The number of nitrogens with one attached hydrogen (secondary N) is 1. The predicted molar refractivity (Wildman–Crippen MR) is 85.0 cm³/mol. The fraction of sp³-hybridized carbons (Fsp3) is 0.333. The van der Waals surface area contributed by atoms with E-state index >= 15 is 0 Å². The van der Waals surface area contributed by atoms with Crippen LogP contribution in [0.2, 0.25) is 0 Å². The van der Waals surface area contributed by atoms with Crippen LogP contribution in [-0.2, 0) is 6.54 Å². The van der Waals surface area contributed by atoms with Gasteiger partial charge in [0.15, 0.2) is 0 Å². The SMILES string of the molecule is c1ccc(CNCC2CCCN2c2ccccc2)cc1. The standard InChI is InChI=1S/C18H22N2/c1-3-8-16(9-4-1)14-19-15-18-12-7-13-20(18)17-10-5-2-6-11-17/h1-6,8-11,18-19H,7,12-15H2. The van der Waals surface area contributed by atoms with E-state index in [1.54, 1.807) is 0 Å². The van der Waals surface area contributed by atoms with E-state index in [1.807, 2.05) is 0 Å². The number of rotatable bonds is 5. The topological polar surface area (TPSA) is 15.3 Å². The Morgan fingerprint density at radius 1 is 0.950 bits per heavy atom. The van der Waals surface area contributed by atoms with E-state index in [4.69, 9.17) is 0 Å². The third kappa shape index (κ3) is 3.20. The lowest BCUT2D eigenvalue weighted by molar-refractivity contribution is 0.573. The Hall–Kier alpha value is -1.80. The van der Waals surface area contributed by atoms with Gasteiger partial charge in [0.25, 0.3) is 0 Å². The molecule has 1 heterocycles. The minimum Gasteiger partial charge on any atom is -0.367 e. The smallest absolute Gasteiger partial charge is 0.0415 e. The van der Waals surface area contributed by atoms with Crippen molar-refractivity contribution in [3.05, 3.63) is 66.2 Å². The maximum atomic E-state index is 3.60. The van der Waals surface area contributed by atoms with Crippen molar-refractivity contribution in [2.45, 2.75) is 25.4 Å². The first-order valence-corrected chi connectivity index (χ1v) is 7.50. The van der Waals surface area contributed by atoms with Crippen LogP contribution in [0.5, 0.6) is 0 Å². The van der Waals surface area contributed by atoms with Crippen LogP contribution in [0.15, 0.2) is 60.7 Å². The highest BCUT2D eigenvalue weighted by Gasteiger charge is 2.23. The number of hydrogen-bond acceptors (Lipinski definition) is 2. The summed E-state index contributed by atoms with van der Waals surface area (Å²) in [6.07, 6.45) is 2.59. The van der Waals surface area contributed by atoms with Crippen molar-refractivity contribution in [2.24, 2.45) is 0 Å². The molecule has 0 bridgehead atoms. The van der Waals surface area contributed by atoms with E-state index in [9.17, 15) is 0 Å². The largest absolute Gasteiger partial charge is 0.367 e. The molecule has 0 amide bonds. The van der Waals surface area contributed by atoms with Crippen LogP contribution in [0.1, 0.15) is 18.4 Å². The van der Waals surface area contributed by atoms with E-state index < -0.39 is 0 Å². The summed E-state index contributed by atoms with van der Waals surface area (Å²) in [6, 6.07) is 22.0. The van der Waals surface area contributed by atoms with Gasteiger partial charge in [0.1, 0.15) is 0 Å². The van der Waals surface area contributed by atoms with Gasteiger partial charge in [-0.05, 0) is 30.5 Å². The molecule has 3 rings (SSSR count). The lowest BCUT2D eigenvalue weighted by Crippen LogP contribution is -2.37. The Morgan fingerprint density at radius 2 is 1.65 bits per heavy atom. The van der Waals surface area contributed by atoms with Gasteiger partial charge in [-0.3, -0.25) is 0 Å². The van der Waals surface area contributed by atoms with Crippen LogP contribution in [0, 0.1) is 0 Å². The molecular weight excluding hydrogens is 244 g/mol. The van der Waals surface area contributed by atoms with Gasteiger partial charge in [0.2, 0.25) is 0 Å². The summed E-state index contributed by atoms with van der Waals surface area (Å²) in [4.78, 5) is 2.54. The van der Waals surface area contributed by atoms with Gasteiger partial charge in [-0.1, -0.05) is 48.5 Å². The summed E-state index contributed by atoms with van der Waals surface area (Å²) in [6.45, 7) is 3.20. The van der Waals surface area contributed by atoms with Crippen molar-refractivity contribution in [1.29, 1.82) is 0 Å². The second kappa shape index (κ2) is 6.58. The van der Waals surface area contributed by atoms with E-state index in [1.165, 1.54) is 30.6 Å². The predicted octanol–water partition coefficient (Wildman–Crippen LogP) is 3.45. The summed E-state index contributed by atoms with van der Waals surface area (Å²) < 4.78 is 0. The molecule has 0 aromatic heterocycles. The van der Waals surface area contributed by atoms with E-state index in [0.717, 1.165) is 13.1 Å². The number of benzene rings is 2. The Morgan fingerprint density at radius 3 is 2.40 bits per heavy atom. The van der Waals surface area contributed by atoms with Crippen molar-refractivity contribution in [1.82, 2.24) is 5.32 Å². The van der Waals surface area contributed by atoms with Crippen molar-refractivity contribution < 1.29 is 0 Å². The molecule has 2 aromatic rings. The summed E-state index contributed by atoms with van der Waals surface area (Å²) in [5.74, 6) is 0. The summed E-state index contributed by atoms with van der Waals surface area (Å²) >= 11 is 0. The molecule has 0 spiro atoms. The van der Waals surface area contributed by atoms with E-state index in [2.05, 4.69) is 70.9 Å². The van der Waals surface area contributed by atoms with Crippen LogP contribution >= 0.6 is 0 Å². The fourth-order valence-corrected chi connectivity index (χ4v) is 2.99. The molecule has 1 atom stereocenters. The van der Waals surface area contributed by atoms with Crippen LogP contribution in [0.4, 0.5) is 5.69 Å². The van der Waals surface area contributed by atoms with Crippen LogP contribution in [0.3, 0.4) is 0 Å². The first kappa shape index (κ1) is 13.2. The highest BCUT2D eigenvalue weighted by atomic mass is 15.2. The van der Waals surface area contributed by atoms with Gasteiger partial charge in [0.05, 0.1) is 0 Å². The van der Waals surface area contributed by atoms with Gasteiger partial charge in [-0.2, -0.15) is 0 Å². The molecule has 1 fully saturated rings. The molecule has 1 saturated heterocycles. The molecule has 2 heteroatoms. The fourth-order valence-electron chi connectivity index (χ4n) is 2.99. The third-order valence-corrected chi connectivity index (χ3v) is 4.02. The molecule has 2 aromatic carbocycles. The molecule has 1 unspecified atom stereocenters. The molecule has 1 aliphatic rings. The maximum absolute atomic E-state index is 3.60. The minimum atomic E-state index is 0.626. The third-order valence-electron chi connectivity index (χ3n) is 4.02. The van der Waals surface area contributed by atoms with Gasteiger partial charge in [0, 0.05) is 31.4 Å². The lowest BCUT2D eigenvalue weighted by Gasteiger charge is -2.27. The number of hydrogen-bond donors (Lipinski definition) is 1. The first-order valence-electron chi connectivity index (χ1n) is 7.50. The Balaban J connectivity index is 1.54. The van der Waals surface area contributed by atoms with Crippen molar-refractivity contribution in [3.8, 4) is 0 Å². The number of para-hydroxylation sites is 1. The zero-order valence-electron chi connectivity index (χ0n) is 11.8. The monoisotopic (exact) mass is 266 g/mol. The average molecular weight is 266 g/mol. The highest BCUT2D eigenvalue weighted by Crippen LogP contribution is 2.24. The molecule has 1 N–H and O–H groups in total. The van der Waals surface area contributed by atoms with Crippen LogP contribution in [0.25, 0.3) is 0 Å². The molecular formula is C18H22N2. The Labute approximate surface area is 121 Å². The normalized spacial score (nSPS) is 18.4. The second-order valence-electron chi connectivity index (χ2n) is 5.44. The van der Waals surface area contributed by atoms with Crippen molar-refractivity contribution >= 4 is 5.69 Å². The molecule has 20 heavy (non-hydrogen) atoms. The molecule has 0 aliphatic carbocycles. The second-order valence-corrected chi connectivity index (χ2v) is 5.44. The zero-order valence-corrected chi connectivity index (χ0v) is 11.8. The molecule has 104 valence electrons. The van der Waals surface area contributed by atoms with Crippen LogP contribution < -0.4 is 10.2 Å². The van der Waals surface area contributed by atoms with Crippen molar-refractivity contribution in [2.75, 3.05) is 18.0 Å². The summed E-state index contributed by atoms with van der Waals surface area (Å²) in [5, 5.41) is 3.60. The van der Waals surface area contributed by atoms with Crippen LogP contribution in [-0.4, -0.2) is 19.1 Å². The average Bonchev–Trinajstić information content (AvgIpc) is 2.98. The highest BCUT2D eigenvalue weighted by molar-refractivity contribution is 5.48. The van der Waals surface area contributed by atoms with Gasteiger partial charge < -0.3 is 10.2 Å². The molecule has 1 aliphatic heterocycles. The number of nitrogens with zero attached hydrogens (tertiary/aromatic N) is 1. The molecule has 0 saturated carbocycles. The Bertz CT molecular complexity index is 509. The maximum Gasteiger partial charge on any atom is 0.0415 e. The van der Waals surface area contributed by atoms with E-state index in [-0.39, 0.29) is 0 Å². The van der Waals surface area contributed by atoms with E-state index in [0.29, 0.717) is 6.04 Å².